The Morgan fingerprint density at radius 3 is 2.71 bits per heavy atom. The molecule has 1 unspecified atom stereocenters. The summed E-state index contributed by atoms with van der Waals surface area (Å²) in [6.07, 6.45) is 0. The van der Waals surface area contributed by atoms with Crippen LogP contribution in [0.2, 0.25) is 0 Å². The van der Waals surface area contributed by atoms with Crippen molar-refractivity contribution in [1.82, 2.24) is 14.5 Å². The Balaban J connectivity index is 2.34. The van der Waals surface area contributed by atoms with Crippen molar-refractivity contribution in [2.24, 2.45) is 0 Å². The summed E-state index contributed by atoms with van der Waals surface area (Å²) in [5, 5.41) is -0.232. The fourth-order valence-electron chi connectivity index (χ4n) is 2.21. The maximum atomic E-state index is 6.29. The molecule has 2 aromatic heterocycles. The quantitative estimate of drug-likeness (QED) is 0.641. The van der Waals surface area contributed by atoms with Crippen LogP contribution in [-0.4, -0.2) is 21.6 Å². The molecule has 4 nitrogen and oxygen atoms in total. The first-order valence-corrected chi connectivity index (χ1v) is 7.66. The Morgan fingerprint density at radius 2 is 2.05 bits per heavy atom. The monoisotopic (exact) mass is 365 g/mol. The van der Waals surface area contributed by atoms with E-state index in [4.69, 9.17) is 16.3 Å². The molecule has 1 aromatic carbocycles. The van der Waals surface area contributed by atoms with Crippen LogP contribution in [0.4, 0.5) is 0 Å². The maximum Gasteiger partial charge on any atom is 0.215 e. The number of pyridine rings is 1. The molecular weight excluding hydrogens is 354 g/mol. The number of alkyl halides is 1. The average molecular weight is 367 g/mol. The third-order valence-corrected chi connectivity index (χ3v) is 3.82. The summed E-state index contributed by atoms with van der Waals surface area (Å²) in [4.78, 5) is 9.10. The molecule has 0 aliphatic rings. The van der Waals surface area contributed by atoms with Crippen LogP contribution in [0.5, 0.6) is 5.88 Å². The molecule has 0 saturated carbocycles. The zero-order valence-corrected chi connectivity index (χ0v) is 13.9. The van der Waals surface area contributed by atoms with Crippen LogP contribution in [-0.2, 0) is 0 Å². The van der Waals surface area contributed by atoms with Crippen molar-refractivity contribution in [3.8, 4) is 11.6 Å². The second-order valence-corrected chi connectivity index (χ2v) is 6.17. The number of halogens is 2. The van der Waals surface area contributed by atoms with Gasteiger partial charge in [0.15, 0.2) is 5.65 Å². The highest BCUT2D eigenvalue weighted by Gasteiger charge is 2.18. The lowest BCUT2D eigenvalue weighted by Gasteiger charge is -2.10. The van der Waals surface area contributed by atoms with Crippen molar-refractivity contribution in [1.29, 1.82) is 0 Å². The smallest absolute Gasteiger partial charge is 0.215 e. The lowest BCUT2D eigenvalue weighted by Crippen LogP contribution is -2.03. The lowest BCUT2D eigenvalue weighted by atomic mass is 10.3. The van der Waals surface area contributed by atoms with Crippen LogP contribution < -0.4 is 4.74 Å². The maximum absolute atomic E-state index is 6.29. The van der Waals surface area contributed by atoms with E-state index < -0.39 is 0 Å². The van der Waals surface area contributed by atoms with Crippen molar-refractivity contribution < 1.29 is 4.74 Å². The molecule has 3 rings (SSSR count). The van der Waals surface area contributed by atoms with Gasteiger partial charge in [0.2, 0.25) is 5.88 Å². The lowest BCUT2D eigenvalue weighted by molar-refractivity contribution is 0.399. The number of aromatic nitrogens is 3. The van der Waals surface area contributed by atoms with Gasteiger partial charge in [0.1, 0.15) is 11.3 Å². The normalized spacial score (nSPS) is 12.6. The van der Waals surface area contributed by atoms with Crippen LogP contribution in [0.15, 0.2) is 40.9 Å². The molecule has 0 saturated heterocycles. The van der Waals surface area contributed by atoms with Crippen molar-refractivity contribution in [2.75, 3.05) is 7.11 Å². The van der Waals surface area contributed by atoms with E-state index >= 15 is 0 Å². The summed E-state index contributed by atoms with van der Waals surface area (Å²) in [5.74, 6) is 1.30. The number of rotatable bonds is 3. The van der Waals surface area contributed by atoms with E-state index in [2.05, 4.69) is 25.9 Å². The van der Waals surface area contributed by atoms with E-state index in [1.807, 2.05) is 41.8 Å². The van der Waals surface area contributed by atoms with Crippen LogP contribution >= 0.6 is 27.5 Å². The van der Waals surface area contributed by atoms with E-state index in [0.29, 0.717) is 5.88 Å². The topological polar surface area (TPSA) is 39.9 Å². The van der Waals surface area contributed by atoms with Crippen LogP contribution in [0.3, 0.4) is 0 Å². The SMILES string of the molecule is COc1ccc2nc(C(C)Cl)n(-c3cccc(Br)c3)c2n1. The Bertz CT molecular complexity index is 801. The fourth-order valence-corrected chi connectivity index (χ4v) is 2.74. The number of benzene rings is 1. The second kappa shape index (κ2) is 5.66. The van der Waals surface area contributed by atoms with Gasteiger partial charge in [0, 0.05) is 10.5 Å². The molecule has 6 heteroatoms. The molecular formula is C15H13BrClN3O. The minimum Gasteiger partial charge on any atom is -0.481 e. The largest absolute Gasteiger partial charge is 0.481 e. The Kier molecular flexibility index (Phi) is 3.87. The van der Waals surface area contributed by atoms with Crippen molar-refractivity contribution in [2.45, 2.75) is 12.3 Å². The van der Waals surface area contributed by atoms with Gasteiger partial charge >= 0.3 is 0 Å². The van der Waals surface area contributed by atoms with Gasteiger partial charge in [0.25, 0.3) is 0 Å². The predicted octanol–water partition coefficient (Wildman–Crippen LogP) is 4.49. The standard InChI is InChI=1S/C15H13BrClN3O/c1-9(17)14-18-12-6-7-13(21-2)19-15(12)20(14)11-5-3-4-10(16)8-11/h3-9H,1-2H3. The van der Waals surface area contributed by atoms with Crippen molar-refractivity contribution in [3.05, 3.63) is 46.7 Å². The molecule has 2 heterocycles. The van der Waals surface area contributed by atoms with Gasteiger partial charge in [-0.15, -0.1) is 11.6 Å². The van der Waals surface area contributed by atoms with Gasteiger partial charge in [-0.3, -0.25) is 4.57 Å². The summed E-state index contributed by atoms with van der Waals surface area (Å²) >= 11 is 9.78. The second-order valence-electron chi connectivity index (χ2n) is 4.60. The molecule has 0 bridgehead atoms. The van der Waals surface area contributed by atoms with Crippen LogP contribution in [0, 0.1) is 0 Å². The van der Waals surface area contributed by atoms with E-state index in [1.54, 1.807) is 13.2 Å². The number of imidazole rings is 1. The Morgan fingerprint density at radius 1 is 1.24 bits per heavy atom. The van der Waals surface area contributed by atoms with Crippen LogP contribution in [0.1, 0.15) is 18.1 Å². The number of ether oxygens (including phenoxy) is 1. The zero-order valence-electron chi connectivity index (χ0n) is 11.5. The van der Waals surface area contributed by atoms with E-state index in [0.717, 1.165) is 27.1 Å². The van der Waals surface area contributed by atoms with Gasteiger partial charge in [-0.1, -0.05) is 22.0 Å². The predicted molar refractivity (Wildman–Crippen MR) is 87.4 cm³/mol. The highest BCUT2D eigenvalue weighted by atomic mass is 79.9. The van der Waals surface area contributed by atoms with E-state index in [1.165, 1.54) is 0 Å². The molecule has 21 heavy (non-hydrogen) atoms. The summed E-state index contributed by atoms with van der Waals surface area (Å²) in [6.45, 7) is 1.90. The number of nitrogens with zero attached hydrogens (tertiary/aromatic N) is 3. The third-order valence-electron chi connectivity index (χ3n) is 3.14. The molecule has 0 fully saturated rings. The van der Waals surface area contributed by atoms with E-state index in [-0.39, 0.29) is 5.38 Å². The minimum absolute atomic E-state index is 0.232. The van der Waals surface area contributed by atoms with Gasteiger partial charge in [0.05, 0.1) is 18.2 Å². The molecule has 0 radical (unpaired) electrons. The van der Waals surface area contributed by atoms with Gasteiger partial charge < -0.3 is 4.74 Å². The summed E-state index contributed by atoms with van der Waals surface area (Å²) < 4.78 is 8.15. The minimum atomic E-state index is -0.232. The Hall–Kier alpha value is -1.59. The number of hydrogen-bond donors (Lipinski definition) is 0. The molecule has 0 spiro atoms. The van der Waals surface area contributed by atoms with Crippen molar-refractivity contribution >= 4 is 38.7 Å². The average Bonchev–Trinajstić information content (AvgIpc) is 2.85. The van der Waals surface area contributed by atoms with Crippen LogP contribution in [0.25, 0.3) is 16.9 Å². The summed E-state index contributed by atoms with van der Waals surface area (Å²) in [6, 6.07) is 11.6. The van der Waals surface area contributed by atoms with Gasteiger partial charge in [-0.25, -0.2) is 4.98 Å². The summed E-state index contributed by atoms with van der Waals surface area (Å²) in [5.41, 5.74) is 2.48. The number of fused-ring (bicyclic) bond motifs is 1. The summed E-state index contributed by atoms with van der Waals surface area (Å²) in [7, 11) is 1.60. The first-order chi connectivity index (χ1) is 10.1. The molecule has 0 N–H and O–H groups in total. The van der Waals surface area contributed by atoms with E-state index in [9.17, 15) is 0 Å². The number of methoxy groups -OCH3 is 1. The molecule has 3 aromatic rings. The third kappa shape index (κ3) is 2.63. The van der Waals surface area contributed by atoms with Gasteiger partial charge in [-0.05, 0) is 31.2 Å². The van der Waals surface area contributed by atoms with Crippen molar-refractivity contribution in [3.63, 3.8) is 0 Å². The molecule has 108 valence electrons. The molecule has 0 amide bonds. The fraction of sp³-hybridized carbons (Fsp3) is 0.200. The Labute approximate surface area is 135 Å². The molecule has 0 aliphatic carbocycles. The highest BCUT2D eigenvalue weighted by Crippen LogP contribution is 2.29. The van der Waals surface area contributed by atoms with Gasteiger partial charge in [-0.2, -0.15) is 4.98 Å². The highest BCUT2D eigenvalue weighted by molar-refractivity contribution is 9.10. The zero-order chi connectivity index (χ0) is 15.0. The molecule has 1 atom stereocenters. The first-order valence-electron chi connectivity index (χ1n) is 6.43. The molecule has 0 aliphatic heterocycles. The first kappa shape index (κ1) is 14.4. The number of hydrogen-bond acceptors (Lipinski definition) is 3.